The molecule has 5 atom stereocenters. The molecule has 2 aromatic heterocycles. The summed E-state index contributed by atoms with van der Waals surface area (Å²) in [5.74, 6) is -0.143. The Bertz CT molecular complexity index is 1120. The van der Waals surface area contributed by atoms with E-state index in [4.69, 9.17) is 4.74 Å². The van der Waals surface area contributed by atoms with Crippen molar-refractivity contribution in [3.05, 3.63) is 40.5 Å². The molecule has 2 aliphatic rings. The van der Waals surface area contributed by atoms with Gasteiger partial charge in [0.05, 0.1) is 25.1 Å². The summed E-state index contributed by atoms with van der Waals surface area (Å²) in [6, 6.07) is 9.09. The first-order chi connectivity index (χ1) is 14.5. The van der Waals surface area contributed by atoms with Gasteiger partial charge in [0.25, 0.3) is 0 Å². The van der Waals surface area contributed by atoms with Crippen LogP contribution in [0.25, 0.3) is 11.2 Å². The average Bonchev–Trinajstić information content (AvgIpc) is 3.27. The van der Waals surface area contributed by atoms with Crippen molar-refractivity contribution in [3.63, 3.8) is 0 Å². The zero-order valence-electron chi connectivity index (χ0n) is 16.1. The zero-order valence-corrected chi connectivity index (χ0v) is 18.2. The number of nitrogens with one attached hydrogen (secondary N) is 1. The number of hydrogen-bond acceptors (Lipinski definition) is 8. The van der Waals surface area contributed by atoms with Crippen LogP contribution in [0.2, 0.25) is 0 Å². The normalized spacial score (nSPS) is 29.6. The van der Waals surface area contributed by atoms with Crippen LogP contribution in [-0.2, 0) is 9.53 Å². The highest BCUT2D eigenvalue weighted by Crippen LogP contribution is 2.68. The highest BCUT2D eigenvalue weighted by molar-refractivity contribution is 14.1. The van der Waals surface area contributed by atoms with Gasteiger partial charge in [0, 0.05) is 34.2 Å². The van der Waals surface area contributed by atoms with Gasteiger partial charge in [-0.3, -0.25) is 4.79 Å². The summed E-state index contributed by atoms with van der Waals surface area (Å²) in [5, 5.41) is 24.7. The van der Waals surface area contributed by atoms with Gasteiger partial charge in [-0.1, -0.05) is 18.2 Å². The maximum absolute atomic E-state index is 12.5. The average molecular weight is 521 g/mol. The number of fused-ring (bicyclic) bond motifs is 2. The number of anilines is 2. The zero-order chi connectivity index (χ0) is 21.0. The van der Waals surface area contributed by atoms with Crippen LogP contribution in [0.3, 0.4) is 0 Å². The van der Waals surface area contributed by atoms with Gasteiger partial charge in [-0.05, 0) is 25.5 Å². The Morgan fingerprint density at radius 3 is 2.83 bits per heavy atom. The monoisotopic (exact) mass is 521 g/mol. The van der Waals surface area contributed by atoms with Crippen molar-refractivity contribution in [2.75, 3.05) is 11.9 Å². The van der Waals surface area contributed by atoms with Crippen LogP contribution < -0.4 is 5.32 Å². The van der Waals surface area contributed by atoms with E-state index in [1.165, 1.54) is 0 Å². The second kappa shape index (κ2) is 7.13. The number of aliphatic hydroxyl groups is 2. The number of carbonyl (C=O) groups excluding carboxylic acids is 1. The Hall–Kier alpha value is -2.31. The molecule has 3 aromatic rings. The molecule has 30 heavy (non-hydrogen) atoms. The van der Waals surface area contributed by atoms with Gasteiger partial charge >= 0.3 is 5.97 Å². The summed E-state index contributed by atoms with van der Waals surface area (Å²) >= 11 is 2.03. The number of benzene rings is 1. The van der Waals surface area contributed by atoms with Gasteiger partial charge in [-0.25, -0.2) is 15.0 Å². The number of esters is 1. The topological polar surface area (TPSA) is 122 Å². The van der Waals surface area contributed by atoms with Crippen LogP contribution in [0.5, 0.6) is 0 Å². The number of para-hydroxylation sites is 1. The molecule has 0 saturated heterocycles. The van der Waals surface area contributed by atoms with Crippen molar-refractivity contribution in [2.24, 2.45) is 11.3 Å². The quantitative estimate of drug-likeness (QED) is 0.265. The van der Waals surface area contributed by atoms with Gasteiger partial charge in [0.2, 0.25) is 0 Å². The fourth-order valence-corrected chi connectivity index (χ4v) is 5.10. The number of nitrogens with zero attached hydrogens (tertiary/aromatic N) is 4. The van der Waals surface area contributed by atoms with Crippen molar-refractivity contribution in [3.8, 4) is 0 Å². The standard InChI is InChI=1S/C20H20IN5O4/c1-2-30-18(29)20-8-11(20)13(14(27)15(20)28)26-9-22-12-16(24-19(21)25-17(12)26)23-10-6-4-3-5-7-10/h3-7,9,11,13-15,27-28H,2,8H2,1H3,(H,23,24,25)/t11-,13-,14+,15+,20+/m1/s1. The van der Waals surface area contributed by atoms with E-state index in [1.807, 2.05) is 52.9 Å². The third kappa shape index (κ3) is 2.81. The number of carbonyl (C=O) groups is 1. The van der Waals surface area contributed by atoms with E-state index >= 15 is 0 Å². The Morgan fingerprint density at radius 2 is 2.10 bits per heavy atom. The maximum atomic E-state index is 12.5. The van der Waals surface area contributed by atoms with Gasteiger partial charge < -0.3 is 24.8 Å². The van der Waals surface area contributed by atoms with Gasteiger partial charge in [0.1, 0.15) is 11.5 Å². The van der Waals surface area contributed by atoms with E-state index in [1.54, 1.807) is 17.8 Å². The van der Waals surface area contributed by atoms with E-state index < -0.39 is 29.6 Å². The molecule has 2 fully saturated rings. The minimum Gasteiger partial charge on any atom is -0.465 e. The summed E-state index contributed by atoms with van der Waals surface area (Å²) in [4.78, 5) is 26.0. The first kappa shape index (κ1) is 19.6. The molecule has 1 aromatic carbocycles. The molecular formula is C20H20IN5O4. The van der Waals surface area contributed by atoms with Gasteiger partial charge in [-0.15, -0.1) is 0 Å². The lowest BCUT2D eigenvalue weighted by atomic mass is 9.99. The number of aliphatic hydroxyl groups excluding tert-OH is 2. The minimum absolute atomic E-state index is 0.231. The molecule has 156 valence electrons. The molecule has 5 rings (SSSR count). The largest absolute Gasteiger partial charge is 0.465 e. The Labute approximate surface area is 185 Å². The summed E-state index contributed by atoms with van der Waals surface area (Å²) in [6.07, 6.45) is -0.257. The summed E-state index contributed by atoms with van der Waals surface area (Å²) in [5.41, 5.74) is 0.899. The molecule has 10 heteroatoms. The molecule has 2 saturated carbocycles. The molecule has 0 spiro atoms. The van der Waals surface area contributed by atoms with E-state index in [0.717, 1.165) is 5.69 Å². The van der Waals surface area contributed by atoms with Crippen LogP contribution in [0.4, 0.5) is 11.5 Å². The molecule has 0 aliphatic heterocycles. The lowest BCUT2D eigenvalue weighted by molar-refractivity contribution is -0.156. The minimum atomic E-state index is -1.19. The third-order valence-corrected chi connectivity index (χ3v) is 6.56. The third-order valence-electron chi connectivity index (χ3n) is 6.08. The summed E-state index contributed by atoms with van der Waals surface area (Å²) in [6.45, 7) is 1.96. The molecule has 0 bridgehead atoms. The van der Waals surface area contributed by atoms with Crippen LogP contribution >= 0.6 is 22.6 Å². The Balaban J connectivity index is 1.54. The van der Waals surface area contributed by atoms with E-state index in [-0.39, 0.29) is 12.5 Å². The van der Waals surface area contributed by atoms with E-state index in [2.05, 4.69) is 20.3 Å². The molecule has 0 unspecified atom stereocenters. The van der Waals surface area contributed by atoms with Crippen molar-refractivity contribution in [2.45, 2.75) is 31.6 Å². The molecule has 3 N–H and O–H groups in total. The predicted molar refractivity (Wildman–Crippen MR) is 116 cm³/mol. The number of hydrogen-bond donors (Lipinski definition) is 3. The van der Waals surface area contributed by atoms with Crippen molar-refractivity contribution < 1.29 is 19.7 Å². The fourth-order valence-electron chi connectivity index (χ4n) is 4.63. The lowest BCUT2D eigenvalue weighted by Crippen LogP contribution is -2.38. The molecule has 0 amide bonds. The van der Waals surface area contributed by atoms with Crippen LogP contribution in [0.1, 0.15) is 19.4 Å². The summed E-state index contributed by atoms with van der Waals surface area (Å²) in [7, 11) is 0. The van der Waals surface area contributed by atoms with Crippen LogP contribution in [0.15, 0.2) is 36.7 Å². The number of rotatable bonds is 5. The number of imidazole rings is 1. The molecule has 9 nitrogen and oxygen atoms in total. The maximum Gasteiger partial charge on any atom is 0.315 e. The Morgan fingerprint density at radius 1 is 1.33 bits per heavy atom. The lowest BCUT2D eigenvalue weighted by Gasteiger charge is -2.23. The molecular weight excluding hydrogens is 501 g/mol. The first-order valence-electron chi connectivity index (χ1n) is 9.73. The SMILES string of the molecule is CCOC(=O)[C@@]12C[C@@H]1[C@@H](n1cnc3c(Nc4ccccc4)nc(I)nc31)[C@H](O)[C@@H]2O. The van der Waals surface area contributed by atoms with Crippen molar-refractivity contribution in [1.29, 1.82) is 0 Å². The van der Waals surface area contributed by atoms with Crippen molar-refractivity contribution >= 4 is 51.2 Å². The van der Waals surface area contributed by atoms with Crippen LogP contribution in [-0.4, -0.2) is 54.5 Å². The van der Waals surface area contributed by atoms with Crippen LogP contribution in [0, 0.1) is 15.2 Å². The van der Waals surface area contributed by atoms with E-state index in [9.17, 15) is 15.0 Å². The molecule has 0 radical (unpaired) electrons. The first-order valence-corrected chi connectivity index (χ1v) is 10.8. The number of halogens is 1. The Kier molecular flexibility index (Phi) is 4.67. The summed E-state index contributed by atoms with van der Waals surface area (Å²) < 4.78 is 7.44. The second-order valence-electron chi connectivity index (χ2n) is 7.65. The van der Waals surface area contributed by atoms with Gasteiger partial charge in [-0.2, -0.15) is 0 Å². The smallest absolute Gasteiger partial charge is 0.315 e. The highest BCUT2D eigenvalue weighted by Gasteiger charge is 2.76. The van der Waals surface area contributed by atoms with E-state index in [0.29, 0.717) is 27.2 Å². The van der Waals surface area contributed by atoms with Gasteiger partial charge in [0.15, 0.2) is 20.8 Å². The molecule has 2 heterocycles. The predicted octanol–water partition coefficient (Wildman–Crippen LogP) is 2.02. The van der Waals surface area contributed by atoms with Crippen molar-refractivity contribution in [1.82, 2.24) is 19.5 Å². The molecule has 2 aliphatic carbocycles. The number of ether oxygens (including phenoxy) is 1. The highest BCUT2D eigenvalue weighted by atomic mass is 127. The fraction of sp³-hybridized carbons (Fsp3) is 0.400. The number of aromatic nitrogens is 4. The second-order valence-corrected chi connectivity index (χ2v) is 8.62.